The number of anilines is 1. The van der Waals surface area contributed by atoms with Crippen LogP contribution in [-0.4, -0.2) is 11.1 Å². The molecule has 0 radical (unpaired) electrons. The molecule has 25 heavy (non-hydrogen) atoms. The van der Waals surface area contributed by atoms with Crippen LogP contribution >= 0.6 is 0 Å². The molecule has 0 heterocycles. The highest BCUT2D eigenvalue weighted by molar-refractivity contribution is 5.69. The first kappa shape index (κ1) is 16.8. The second-order valence-corrected chi connectivity index (χ2v) is 6.15. The van der Waals surface area contributed by atoms with Gasteiger partial charge in [0.25, 0.3) is 0 Å². The SMILES string of the molecule is Cc1ccc(NC(CC(=O)O)c2ccc(-c3ccccc3)cc2)cc1. The maximum atomic E-state index is 11.3. The Hall–Kier alpha value is -3.07. The largest absolute Gasteiger partial charge is 0.481 e. The maximum Gasteiger partial charge on any atom is 0.305 e. The van der Waals surface area contributed by atoms with E-state index in [4.69, 9.17) is 0 Å². The van der Waals surface area contributed by atoms with E-state index in [0.717, 1.165) is 22.4 Å². The molecule has 126 valence electrons. The molecule has 3 nitrogen and oxygen atoms in total. The van der Waals surface area contributed by atoms with Gasteiger partial charge < -0.3 is 10.4 Å². The van der Waals surface area contributed by atoms with E-state index in [-0.39, 0.29) is 12.5 Å². The molecule has 0 aliphatic heterocycles. The molecule has 0 aliphatic rings. The summed E-state index contributed by atoms with van der Waals surface area (Å²) < 4.78 is 0. The topological polar surface area (TPSA) is 49.3 Å². The number of hydrogen-bond donors (Lipinski definition) is 2. The molecular weight excluding hydrogens is 310 g/mol. The second-order valence-electron chi connectivity index (χ2n) is 6.15. The molecule has 0 aliphatic carbocycles. The van der Waals surface area contributed by atoms with Crippen LogP contribution in [0.15, 0.2) is 78.9 Å². The number of hydrogen-bond acceptors (Lipinski definition) is 2. The Kier molecular flexibility index (Phi) is 5.14. The summed E-state index contributed by atoms with van der Waals surface area (Å²) in [6.07, 6.45) is 0.0263. The summed E-state index contributed by atoms with van der Waals surface area (Å²) in [7, 11) is 0. The molecule has 0 fully saturated rings. The van der Waals surface area contributed by atoms with Gasteiger partial charge in [0.05, 0.1) is 12.5 Å². The first-order chi connectivity index (χ1) is 12.1. The second kappa shape index (κ2) is 7.67. The summed E-state index contributed by atoms with van der Waals surface area (Å²) in [5, 5.41) is 12.6. The molecular formula is C22H21NO2. The van der Waals surface area contributed by atoms with E-state index in [1.54, 1.807) is 0 Å². The summed E-state index contributed by atoms with van der Waals surface area (Å²) in [6, 6.07) is 25.9. The Bertz CT molecular complexity index is 824. The van der Waals surface area contributed by atoms with E-state index in [1.165, 1.54) is 5.56 Å². The molecule has 0 aromatic heterocycles. The Morgan fingerprint density at radius 2 is 1.48 bits per heavy atom. The Morgan fingerprint density at radius 3 is 2.08 bits per heavy atom. The van der Waals surface area contributed by atoms with Gasteiger partial charge in [0.2, 0.25) is 0 Å². The molecule has 1 atom stereocenters. The van der Waals surface area contributed by atoms with Gasteiger partial charge in [0, 0.05) is 5.69 Å². The summed E-state index contributed by atoms with van der Waals surface area (Å²) in [5.74, 6) is -0.822. The zero-order valence-corrected chi connectivity index (χ0v) is 14.1. The minimum Gasteiger partial charge on any atom is -0.481 e. The van der Waals surface area contributed by atoms with E-state index < -0.39 is 5.97 Å². The molecule has 0 amide bonds. The van der Waals surface area contributed by atoms with E-state index >= 15 is 0 Å². The van der Waals surface area contributed by atoms with Gasteiger partial charge in [-0.2, -0.15) is 0 Å². The molecule has 0 saturated heterocycles. The van der Waals surface area contributed by atoms with Gasteiger partial charge in [-0.3, -0.25) is 4.79 Å². The number of aliphatic carboxylic acids is 1. The van der Waals surface area contributed by atoms with Gasteiger partial charge in [-0.25, -0.2) is 0 Å². The van der Waals surface area contributed by atoms with Crippen LogP contribution in [0.25, 0.3) is 11.1 Å². The normalized spacial score (nSPS) is 11.7. The number of carboxylic acid groups (broad SMARTS) is 1. The highest BCUT2D eigenvalue weighted by Gasteiger charge is 2.15. The van der Waals surface area contributed by atoms with E-state index in [9.17, 15) is 9.90 Å². The summed E-state index contributed by atoms with van der Waals surface area (Å²) in [4.78, 5) is 11.3. The first-order valence-electron chi connectivity index (χ1n) is 8.32. The third-order valence-corrected chi connectivity index (χ3v) is 4.19. The quantitative estimate of drug-likeness (QED) is 0.645. The zero-order chi connectivity index (χ0) is 17.6. The highest BCUT2D eigenvalue weighted by Crippen LogP contribution is 2.26. The average Bonchev–Trinajstić information content (AvgIpc) is 2.63. The molecule has 0 spiro atoms. The van der Waals surface area contributed by atoms with Gasteiger partial charge in [0.1, 0.15) is 0 Å². The Morgan fingerprint density at radius 1 is 0.880 bits per heavy atom. The van der Waals surface area contributed by atoms with Gasteiger partial charge in [-0.1, -0.05) is 72.3 Å². The molecule has 2 N–H and O–H groups in total. The predicted octanol–water partition coefficient (Wildman–Crippen LogP) is 5.29. The standard InChI is InChI=1S/C22H21NO2/c1-16-7-13-20(14-8-16)23-21(15-22(24)25)19-11-9-18(10-12-19)17-5-3-2-4-6-17/h2-14,21,23H,15H2,1H3,(H,24,25). The van der Waals surface area contributed by atoms with Crippen molar-refractivity contribution in [2.45, 2.75) is 19.4 Å². The number of aryl methyl sites for hydroxylation is 1. The van der Waals surface area contributed by atoms with Crippen molar-refractivity contribution in [1.29, 1.82) is 0 Å². The van der Waals surface area contributed by atoms with Crippen LogP contribution in [0.1, 0.15) is 23.6 Å². The monoisotopic (exact) mass is 331 g/mol. The summed E-state index contributed by atoms with van der Waals surface area (Å²) >= 11 is 0. The zero-order valence-electron chi connectivity index (χ0n) is 14.1. The number of carbonyl (C=O) groups is 1. The van der Waals surface area contributed by atoms with E-state index in [2.05, 4.69) is 17.4 Å². The van der Waals surface area contributed by atoms with E-state index in [1.807, 2.05) is 73.7 Å². The van der Waals surface area contributed by atoms with Crippen LogP contribution in [-0.2, 0) is 4.79 Å². The molecule has 0 bridgehead atoms. The van der Waals surface area contributed by atoms with Crippen LogP contribution in [0.2, 0.25) is 0 Å². The predicted molar refractivity (Wildman–Crippen MR) is 102 cm³/mol. The molecule has 3 aromatic carbocycles. The van der Waals surface area contributed by atoms with Crippen LogP contribution in [0.4, 0.5) is 5.69 Å². The summed E-state index contributed by atoms with van der Waals surface area (Å²) in [5.41, 5.74) is 5.32. The number of rotatable bonds is 6. The van der Waals surface area contributed by atoms with Gasteiger partial charge >= 0.3 is 5.97 Å². The van der Waals surface area contributed by atoms with Crippen molar-refractivity contribution in [3.8, 4) is 11.1 Å². The minimum atomic E-state index is -0.822. The average molecular weight is 331 g/mol. The molecule has 3 aromatic rings. The fourth-order valence-electron chi connectivity index (χ4n) is 2.82. The van der Waals surface area contributed by atoms with Crippen molar-refractivity contribution < 1.29 is 9.90 Å². The van der Waals surface area contributed by atoms with Gasteiger partial charge in [-0.05, 0) is 35.7 Å². The molecule has 3 rings (SSSR count). The van der Waals surface area contributed by atoms with Crippen molar-refractivity contribution in [3.63, 3.8) is 0 Å². The number of nitrogens with one attached hydrogen (secondary N) is 1. The first-order valence-corrected chi connectivity index (χ1v) is 8.32. The maximum absolute atomic E-state index is 11.3. The molecule has 1 unspecified atom stereocenters. The Balaban J connectivity index is 1.83. The lowest BCUT2D eigenvalue weighted by Gasteiger charge is -2.19. The van der Waals surface area contributed by atoms with Crippen molar-refractivity contribution in [2.75, 3.05) is 5.32 Å². The van der Waals surface area contributed by atoms with E-state index in [0.29, 0.717) is 0 Å². The number of carboxylic acids is 1. The van der Waals surface area contributed by atoms with Gasteiger partial charge in [-0.15, -0.1) is 0 Å². The fourth-order valence-corrected chi connectivity index (χ4v) is 2.82. The lowest BCUT2D eigenvalue weighted by molar-refractivity contribution is -0.137. The lowest BCUT2D eigenvalue weighted by Crippen LogP contribution is -2.15. The lowest BCUT2D eigenvalue weighted by atomic mass is 9.99. The highest BCUT2D eigenvalue weighted by atomic mass is 16.4. The Labute approximate surface area is 148 Å². The van der Waals surface area contributed by atoms with Crippen LogP contribution in [0, 0.1) is 6.92 Å². The van der Waals surface area contributed by atoms with Crippen LogP contribution in [0.5, 0.6) is 0 Å². The molecule has 3 heteroatoms. The third-order valence-electron chi connectivity index (χ3n) is 4.19. The van der Waals surface area contributed by atoms with Crippen molar-refractivity contribution in [3.05, 3.63) is 90.0 Å². The number of benzene rings is 3. The van der Waals surface area contributed by atoms with Crippen molar-refractivity contribution in [1.82, 2.24) is 0 Å². The smallest absolute Gasteiger partial charge is 0.305 e. The van der Waals surface area contributed by atoms with Crippen LogP contribution in [0.3, 0.4) is 0 Å². The van der Waals surface area contributed by atoms with Gasteiger partial charge in [0.15, 0.2) is 0 Å². The van der Waals surface area contributed by atoms with Crippen molar-refractivity contribution in [2.24, 2.45) is 0 Å². The van der Waals surface area contributed by atoms with Crippen LogP contribution < -0.4 is 5.32 Å². The minimum absolute atomic E-state index is 0.0263. The third kappa shape index (κ3) is 4.48. The fraction of sp³-hybridized carbons (Fsp3) is 0.136. The molecule has 0 saturated carbocycles. The van der Waals surface area contributed by atoms with Crippen molar-refractivity contribution >= 4 is 11.7 Å². The summed E-state index contributed by atoms with van der Waals surface area (Å²) in [6.45, 7) is 2.03.